The van der Waals surface area contributed by atoms with Gasteiger partial charge < -0.3 is 34.2 Å². The zero-order valence-electron chi connectivity index (χ0n) is 31.3. The second kappa shape index (κ2) is 15.9. The number of aryl methyl sites for hydroxylation is 1. The molecule has 3 heterocycles. The maximum absolute atomic E-state index is 14.3. The minimum Gasteiger partial charge on any atom is -0.489 e. The summed E-state index contributed by atoms with van der Waals surface area (Å²) in [6.07, 6.45) is -5.82. The molecule has 2 fully saturated rings. The van der Waals surface area contributed by atoms with Crippen LogP contribution in [-0.2, 0) is 20.9 Å². The molecule has 6 rings (SSSR count). The van der Waals surface area contributed by atoms with Crippen molar-refractivity contribution in [1.29, 1.82) is 0 Å². The summed E-state index contributed by atoms with van der Waals surface area (Å²) in [4.78, 5) is 45.7. The highest BCUT2D eigenvalue weighted by atomic mass is 19.4. The van der Waals surface area contributed by atoms with Crippen molar-refractivity contribution in [2.24, 2.45) is 0 Å². The summed E-state index contributed by atoms with van der Waals surface area (Å²) >= 11 is 0. The molecule has 2 aliphatic rings. The molecule has 2 aliphatic heterocycles. The predicted molar refractivity (Wildman–Crippen MR) is 198 cm³/mol. The fourth-order valence-corrected chi connectivity index (χ4v) is 6.69. The average molecular weight is 769 g/mol. The van der Waals surface area contributed by atoms with Gasteiger partial charge in [-0.15, -0.1) is 5.10 Å². The molecule has 0 atom stereocenters. The van der Waals surface area contributed by atoms with Crippen LogP contribution in [0.2, 0.25) is 0 Å². The molecule has 1 aromatic heterocycles. The molecule has 12 nitrogen and oxygen atoms in total. The van der Waals surface area contributed by atoms with Crippen LogP contribution in [0.1, 0.15) is 55.1 Å². The Balaban J connectivity index is 1.41. The van der Waals surface area contributed by atoms with Crippen molar-refractivity contribution in [2.45, 2.75) is 65.0 Å². The van der Waals surface area contributed by atoms with Crippen molar-refractivity contribution < 1.29 is 46.2 Å². The molecule has 294 valence electrons. The first-order valence-corrected chi connectivity index (χ1v) is 18.0. The van der Waals surface area contributed by atoms with Gasteiger partial charge in [0.25, 0.3) is 5.91 Å². The number of carbonyl (C=O) groups is 3. The van der Waals surface area contributed by atoms with Gasteiger partial charge in [0.2, 0.25) is 0 Å². The summed E-state index contributed by atoms with van der Waals surface area (Å²) < 4.78 is 74.9. The van der Waals surface area contributed by atoms with Gasteiger partial charge >= 0.3 is 18.2 Å². The SMILES string of the molecule is Cc1cc(F)cc(COc2ccc3c(c2)c(NC(=O)c2ccc(N4CCN(C)CC4)cc2N(C(=O)C(F)(F)F)C2CCOCC2)nn3C(=O)OC(C)(C)C)c1. The van der Waals surface area contributed by atoms with Crippen LogP contribution in [0.25, 0.3) is 10.9 Å². The molecule has 3 aromatic carbocycles. The summed E-state index contributed by atoms with van der Waals surface area (Å²) in [5.41, 5.74) is 0.752. The second-order valence-electron chi connectivity index (χ2n) is 14.8. The molecule has 0 radical (unpaired) electrons. The topological polar surface area (TPSA) is 118 Å². The molecule has 16 heteroatoms. The van der Waals surface area contributed by atoms with Gasteiger partial charge in [0.1, 0.15) is 23.8 Å². The number of hydrogen-bond acceptors (Lipinski definition) is 9. The molecule has 1 N–H and O–H groups in total. The highest BCUT2D eigenvalue weighted by Crippen LogP contribution is 2.36. The minimum absolute atomic E-state index is 0.00426. The molecule has 0 bridgehead atoms. The highest BCUT2D eigenvalue weighted by Gasteiger charge is 2.46. The second-order valence-corrected chi connectivity index (χ2v) is 14.8. The Hall–Kier alpha value is -5.22. The number of nitrogens with zero attached hydrogens (tertiary/aromatic N) is 5. The van der Waals surface area contributed by atoms with Crippen LogP contribution in [0.3, 0.4) is 0 Å². The first-order valence-electron chi connectivity index (χ1n) is 18.0. The number of likely N-dealkylation sites (N-methyl/N-ethyl adjacent to an activating group) is 1. The van der Waals surface area contributed by atoms with Gasteiger partial charge in [-0.3, -0.25) is 9.59 Å². The van der Waals surface area contributed by atoms with Crippen LogP contribution in [0.4, 0.5) is 39.5 Å². The third-order valence-electron chi connectivity index (χ3n) is 9.33. The fraction of sp³-hybridized carbons (Fsp3) is 0.436. The number of aromatic nitrogens is 2. The van der Waals surface area contributed by atoms with Crippen molar-refractivity contribution in [3.8, 4) is 5.75 Å². The van der Waals surface area contributed by atoms with E-state index < -0.39 is 41.5 Å². The predicted octanol–water partition coefficient (Wildman–Crippen LogP) is 6.92. The van der Waals surface area contributed by atoms with E-state index in [2.05, 4.69) is 15.3 Å². The van der Waals surface area contributed by atoms with Crippen molar-refractivity contribution in [1.82, 2.24) is 14.7 Å². The number of benzene rings is 3. The Morgan fingerprint density at radius 2 is 1.67 bits per heavy atom. The van der Waals surface area contributed by atoms with Crippen molar-refractivity contribution in [3.63, 3.8) is 0 Å². The van der Waals surface area contributed by atoms with Gasteiger partial charge in [-0.25, -0.2) is 9.18 Å². The summed E-state index contributed by atoms with van der Waals surface area (Å²) in [6, 6.07) is 12.8. The number of piperazine rings is 1. The number of alkyl halides is 3. The number of carbonyl (C=O) groups excluding carboxylic acids is 3. The van der Waals surface area contributed by atoms with E-state index in [1.807, 2.05) is 11.9 Å². The number of halogens is 4. The first kappa shape index (κ1) is 39.5. The molecular formula is C39H44F4N6O6. The maximum atomic E-state index is 14.3. The Morgan fingerprint density at radius 1 is 0.964 bits per heavy atom. The normalized spacial score (nSPS) is 15.9. The van der Waals surface area contributed by atoms with Crippen LogP contribution in [0.5, 0.6) is 5.75 Å². The van der Waals surface area contributed by atoms with E-state index in [1.54, 1.807) is 52.0 Å². The average Bonchev–Trinajstić information content (AvgIpc) is 3.47. The molecular weight excluding hydrogens is 724 g/mol. The number of ether oxygens (including phenoxy) is 3. The lowest BCUT2D eigenvalue weighted by Gasteiger charge is -2.37. The number of amides is 2. The molecule has 0 unspecified atom stereocenters. The lowest BCUT2D eigenvalue weighted by Crippen LogP contribution is -2.50. The van der Waals surface area contributed by atoms with Gasteiger partial charge in [0, 0.05) is 56.5 Å². The van der Waals surface area contributed by atoms with E-state index in [0.29, 0.717) is 53.6 Å². The van der Waals surface area contributed by atoms with Crippen molar-refractivity contribution in [3.05, 3.63) is 77.1 Å². The monoisotopic (exact) mass is 768 g/mol. The van der Waals surface area contributed by atoms with Crippen LogP contribution >= 0.6 is 0 Å². The van der Waals surface area contributed by atoms with Crippen LogP contribution in [0.15, 0.2) is 54.6 Å². The molecule has 2 saturated heterocycles. The number of fused-ring (bicyclic) bond motifs is 1. The minimum atomic E-state index is -5.24. The van der Waals surface area contributed by atoms with Crippen molar-refractivity contribution >= 4 is 46.0 Å². The zero-order chi connectivity index (χ0) is 39.7. The quantitative estimate of drug-likeness (QED) is 0.191. The molecule has 2 amide bonds. The molecule has 55 heavy (non-hydrogen) atoms. The standard InChI is InChI=1S/C39H44F4N6O6/c1-24-18-25(20-26(40)19-24)23-54-29-7-9-32-31(22-29)34(45-49(32)37(52)55-38(2,3)4)44-35(50)30-8-6-28(47-14-12-46(5)13-15-47)21-33(30)48(36(51)39(41,42)43)27-10-16-53-17-11-27/h6-9,18-22,27H,10-17,23H2,1-5H3,(H,44,45,50). The Bertz CT molecular complexity index is 2050. The van der Waals surface area contributed by atoms with Gasteiger partial charge in [0.05, 0.1) is 16.8 Å². The van der Waals surface area contributed by atoms with E-state index in [9.17, 15) is 31.9 Å². The van der Waals surface area contributed by atoms with E-state index in [-0.39, 0.29) is 60.6 Å². The third-order valence-corrected chi connectivity index (χ3v) is 9.33. The Kier molecular flexibility index (Phi) is 11.4. The third kappa shape index (κ3) is 9.36. The Labute approximate surface area is 315 Å². The lowest BCUT2D eigenvalue weighted by atomic mass is 10.0. The van der Waals surface area contributed by atoms with Gasteiger partial charge in [-0.1, -0.05) is 6.07 Å². The summed E-state index contributed by atoms with van der Waals surface area (Å²) in [7, 11) is 1.97. The smallest absolute Gasteiger partial charge is 0.471 e. The van der Waals surface area contributed by atoms with Gasteiger partial charge in [-0.2, -0.15) is 17.9 Å². The van der Waals surface area contributed by atoms with Crippen LogP contribution in [0, 0.1) is 12.7 Å². The van der Waals surface area contributed by atoms with E-state index >= 15 is 0 Å². The zero-order valence-corrected chi connectivity index (χ0v) is 31.3. The molecule has 4 aromatic rings. The maximum Gasteiger partial charge on any atom is 0.471 e. The first-order chi connectivity index (χ1) is 26.0. The Morgan fingerprint density at radius 3 is 2.33 bits per heavy atom. The largest absolute Gasteiger partial charge is 0.489 e. The summed E-state index contributed by atoms with van der Waals surface area (Å²) in [5, 5.41) is 7.31. The number of nitrogens with one attached hydrogen (secondary N) is 1. The van der Waals surface area contributed by atoms with Crippen LogP contribution in [-0.4, -0.2) is 96.8 Å². The molecule has 0 saturated carbocycles. The van der Waals surface area contributed by atoms with Crippen LogP contribution < -0.4 is 19.9 Å². The lowest BCUT2D eigenvalue weighted by molar-refractivity contribution is -0.171. The van der Waals surface area contributed by atoms with Gasteiger partial charge in [0.15, 0.2) is 5.82 Å². The van der Waals surface area contributed by atoms with E-state index in [4.69, 9.17) is 14.2 Å². The van der Waals surface area contributed by atoms with Gasteiger partial charge in [-0.05, 0) is 107 Å². The van der Waals surface area contributed by atoms with Crippen molar-refractivity contribution in [2.75, 3.05) is 61.6 Å². The summed E-state index contributed by atoms with van der Waals surface area (Å²) in [5.74, 6) is -3.21. The summed E-state index contributed by atoms with van der Waals surface area (Å²) in [6.45, 7) is 9.68. The number of rotatable bonds is 8. The molecule has 0 aliphatic carbocycles. The highest BCUT2D eigenvalue weighted by molar-refractivity contribution is 6.14. The van der Waals surface area contributed by atoms with E-state index in [1.165, 1.54) is 30.3 Å². The van der Waals surface area contributed by atoms with E-state index in [0.717, 1.165) is 4.68 Å². The fourth-order valence-electron chi connectivity index (χ4n) is 6.69. The number of anilines is 3. The molecule has 0 spiro atoms. The number of hydrogen-bond donors (Lipinski definition) is 1.